The highest BCUT2D eigenvalue weighted by Gasteiger charge is 2.27. The van der Waals surface area contributed by atoms with E-state index in [0.717, 1.165) is 0 Å². The minimum absolute atomic E-state index is 0.0789. The van der Waals surface area contributed by atoms with Crippen LogP contribution in [0.5, 0.6) is 0 Å². The number of nitrogens with zero attached hydrogens (tertiary/aromatic N) is 2. The van der Waals surface area contributed by atoms with Gasteiger partial charge in [-0.1, -0.05) is 5.16 Å². The van der Waals surface area contributed by atoms with E-state index in [-0.39, 0.29) is 13.0 Å². The minimum atomic E-state index is -4.30. The van der Waals surface area contributed by atoms with Crippen molar-refractivity contribution in [3.63, 3.8) is 0 Å². The molecule has 1 rings (SSSR count). The van der Waals surface area contributed by atoms with Crippen LogP contribution in [-0.4, -0.2) is 43.1 Å². The first-order valence-electron chi connectivity index (χ1n) is 5.12. The highest BCUT2D eigenvalue weighted by atomic mass is 19.4. The van der Waals surface area contributed by atoms with Crippen LogP contribution >= 0.6 is 0 Å². The van der Waals surface area contributed by atoms with Gasteiger partial charge >= 0.3 is 6.18 Å². The third kappa shape index (κ3) is 6.22. The number of nitrogens with one attached hydrogen (secondary N) is 1. The third-order valence-corrected chi connectivity index (χ3v) is 1.83. The number of halogens is 3. The first-order valence-corrected chi connectivity index (χ1v) is 5.12. The zero-order chi connectivity index (χ0) is 12.7. The van der Waals surface area contributed by atoms with Crippen molar-refractivity contribution in [2.75, 3.05) is 26.8 Å². The first kappa shape index (κ1) is 13.9. The fourth-order valence-electron chi connectivity index (χ4n) is 1.08. The summed E-state index contributed by atoms with van der Waals surface area (Å²) in [6, 6.07) is 0. The lowest BCUT2D eigenvalue weighted by Crippen LogP contribution is -2.18. The number of alkyl halides is 3. The predicted octanol–water partition coefficient (Wildman–Crippen LogP) is 0.953. The van der Waals surface area contributed by atoms with E-state index in [1.165, 1.54) is 0 Å². The lowest BCUT2D eigenvalue weighted by molar-refractivity contribution is -0.173. The molecule has 17 heavy (non-hydrogen) atoms. The van der Waals surface area contributed by atoms with Crippen molar-refractivity contribution in [3.8, 4) is 0 Å². The molecule has 0 aliphatic carbocycles. The quantitative estimate of drug-likeness (QED) is 0.733. The molecule has 0 saturated carbocycles. The van der Waals surface area contributed by atoms with Gasteiger partial charge in [0.15, 0.2) is 5.82 Å². The third-order valence-electron chi connectivity index (χ3n) is 1.83. The summed E-state index contributed by atoms with van der Waals surface area (Å²) in [5, 5.41) is 6.54. The Morgan fingerprint density at radius 2 is 2.12 bits per heavy atom. The lowest BCUT2D eigenvalue weighted by atomic mass is 10.4. The van der Waals surface area contributed by atoms with E-state index >= 15 is 0 Å². The molecule has 0 saturated heterocycles. The molecule has 8 heteroatoms. The molecule has 1 heterocycles. The maximum absolute atomic E-state index is 11.7. The van der Waals surface area contributed by atoms with Gasteiger partial charge in [-0.15, -0.1) is 0 Å². The highest BCUT2D eigenvalue weighted by molar-refractivity contribution is 4.87. The van der Waals surface area contributed by atoms with Crippen molar-refractivity contribution >= 4 is 0 Å². The first-order chi connectivity index (χ1) is 8.01. The Bertz CT molecular complexity index is 328. The van der Waals surface area contributed by atoms with E-state index in [1.54, 1.807) is 7.05 Å². The normalized spacial score (nSPS) is 12.0. The average molecular weight is 253 g/mol. The molecular formula is C9H14F3N3O2. The van der Waals surface area contributed by atoms with Gasteiger partial charge in [-0.3, -0.25) is 0 Å². The lowest BCUT2D eigenvalue weighted by Gasteiger charge is -2.05. The van der Waals surface area contributed by atoms with Gasteiger partial charge in [-0.25, -0.2) is 0 Å². The monoisotopic (exact) mass is 253 g/mol. The molecule has 5 nitrogen and oxygen atoms in total. The zero-order valence-electron chi connectivity index (χ0n) is 9.38. The number of aromatic nitrogens is 2. The van der Waals surface area contributed by atoms with Crippen LogP contribution in [0.3, 0.4) is 0 Å². The molecular weight excluding hydrogens is 239 g/mol. The van der Waals surface area contributed by atoms with E-state index in [2.05, 4.69) is 20.2 Å². The SMILES string of the molecule is CNCCc1nc(CCOCC(F)(F)F)no1. The number of likely N-dealkylation sites (N-methyl/N-ethyl adjacent to an activating group) is 1. The zero-order valence-corrected chi connectivity index (χ0v) is 9.38. The topological polar surface area (TPSA) is 60.2 Å². The molecule has 1 aromatic heterocycles. The Morgan fingerprint density at radius 1 is 1.35 bits per heavy atom. The van der Waals surface area contributed by atoms with Gasteiger partial charge in [0.05, 0.1) is 6.61 Å². The van der Waals surface area contributed by atoms with Crippen molar-refractivity contribution in [3.05, 3.63) is 11.7 Å². The average Bonchev–Trinajstić information content (AvgIpc) is 2.68. The van der Waals surface area contributed by atoms with Gasteiger partial charge < -0.3 is 14.6 Å². The summed E-state index contributed by atoms with van der Waals surface area (Å²) in [7, 11) is 1.79. The summed E-state index contributed by atoms with van der Waals surface area (Å²) in [6.45, 7) is -0.631. The van der Waals surface area contributed by atoms with Crippen LogP contribution in [0.4, 0.5) is 13.2 Å². The van der Waals surface area contributed by atoms with Gasteiger partial charge in [-0.05, 0) is 7.05 Å². The van der Waals surface area contributed by atoms with Gasteiger partial charge in [0.25, 0.3) is 0 Å². The van der Waals surface area contributed by atoms with Crippen molar-refractivity contribution in [1.29, 1.82) is 0 Å². The number of rotatable bonds is 7. The number of ether oxygens (including phenoxy) is 1. The maximum atomic E-state index is 11.7. The van der Waals surface area contributed by atoms with Crippen molar-refractivity contribution < 1.29 is 22.4 Å². The fourth-order valence-corrected chi connectivity index (χ4v) is 1.08. The summed E-state index contributed by atoms with van der Waals surface area (Å²) in [6.07, 6.45) is -3.50. The molecule has 0 bridgehead atoms. The molecule has 0 unspecified atom stereocenters. The molecule has 98 valence electrons. The van der Waals surface area contributed by atoms with E-state index < -0.39 is 12.8 Å². The minimum Gasteiger partial charge on any atom is -0.372 e. The predicted molar refractivity (Wildman–Crippen MR) is 52.5 cm³/mol. The standard InChI is InChI=1S/C9H14F3N3O2/c1-13-4-2-8-14-7(15-17-8)3-5-16-6-9(10,11)12/h13H,2-6H2,1H3. The highest BCUT2D eigenvalue weighted by Crippen LogP contribution is 2.14. The second kappa shape index (κ2) is 6.55. The van der Waals surface area contributed by atoms with E-state index in [4.69, 9.17) is 4.52 Å². The summed E-state index contributed by atoms with van der Waals surface area (Å²) >= 11 is 0. The number of hydrogen-bond donors (Lipinski definition) is 1. The molecule has 0 fully saturated rings. The smallest absolute Gasteiger partial charge is 0.372 e. The van der Waals surface area contributed by atoms with Crippen LogP contribution in [-0.2, 0) is 17.6 Å². The molecule has 0 aliphatic heterocycles. The molecule has 0 amide bonds. The summed E-state index contributed by atoms with van der Waals surface area (Å²) in [5.41, 5.74) is 0. The van der Waals surface area contributed by atoms with Gasteiger partial charge in [0, 0.05) is 19.4 Å². The largest absolute Gasteiger partial charge is 0.411 e. The molecule has 0 spiro atoms. The molecule has 0 aliphatic rings. The van der Waals surface area contributed by atoms with Crippen molar-refractivity contribution in [2.45, 2.75) is 19.0 Å². The Balaban J connectivity index is 2.21. The van der Waals surface area contributed by atoms with Crippen LogP contribution in [0.15, 0.2) is 4.52 Å². The van der Waals surface area contributed by atoms with Crippen LogP contribution in [0.25, 0.3) is 0 Å². The molecule has 0 atom stereocenters. The molecule has 1 N–H and O–H groups in total. The Labute approximate surface area is 96.3 Å². The van der Waals surface area contributed by atoms with Crippen LogP contribution in [0.1, 0.15) is 11.7 Å². The Kier molecular flexibility index (Phi) is 5.36. The van der Waals surface area contributed by atoms with E-state index in [9.17, 15) is 13.2 Å². The molecule has 0 aromatic carbocycles. The van der Waals surface area contributed by atoms with E-state index in [0.29, 0.717) is 24.7 Å². The Hall–Kier alpha value is -1.15. The fraction of sp³-hybridized carbons (Fsp3) is 0.778. The van der Waals surface area contributed by atoms with Crippen LogP contribution in [0.2, 0.25) is 0 Å². The molecule has 0 radical (unpaired) electrons. The number of hydrogen-bond acceptors (Lipinski definition) is 5. The van der Waals surface area contributed by atoms with Crippen molar-refractivity contribution in [1.82, 2.24) is 15.5 Å². The second-order valence-electron chi connectivity index (χ2n) is 3.38. The van der Waals surface area contributed by atoms with Crippen LogP contribution in [0, 0.1) is 0 Å². The van der Waals surface area contributed by atoms with Crippen molar-refractivity contribution in [2.24, 2.45) is 0 Å². The van der Waals surface area contributed by atoms with Gasteiger partial charge in [-0.2, -0.15) is 18.2 Å². The maximum Gasteiger partial charge on any atom is 0.411 e. The molecule has 1 aromatic rings. The van der Waals surface area contributed by atoms with Gasteiger partial charge in [0.2, 0.25) is 5.89 Å². The van der Waals surface area contributed by atoms with Crippen LogP contribution < -0.4 is 5.32 Å². The summed E-state index contributed by atoms with van der Waals surface area (Å²) < 4.78 is 44.5. The van der Waals surface area contributed by atoms with E-state index in [1.807, 2.05) is 0 Å². The summed E-state index contributed by atoms with van der Waals surface area (Å²) in [5.74, 6) is 0.823. The van der Waals surface area contributed by atoms with Gasteiger partial charge in [0.1, 0.15) is 6.61 Å². The Morgan fingerprint density at radius 3 is 2.76 bits per heavy atom. The second-order valence-corrected chi connectivity index (χ2v) is 3.38. The summed E-state index contributed by atoms with van der Waals surface area (Å²) in [4.78, 5) is 4.00.